The van der Waals surface area contributed by atoms with E-state index in [9.17, 15) is 13.2 Å². The molecule has 27 heavy (non-hydrogen) atoms. The zero-order valence-corrected chi connectivity index (χ0v) is 17.8. The maximum absolute atomic E-state index is 11.9. The van der Waals surface area contributed by atoms with Crippen LogP contribution in [-0.2, 0) is 4.74 Å². The molecule has 0 amide bonds. The van der Waals surface area contributed by atoms with E-state index in [0.717, 1.165) is 11.5 Å². The molecule has 0 fully saturated rings. The highest BCUT2D eigenvalue weighted by atomic mass is 127. The van der Waals surface area contributed by atoms with Crippen molar-refractivity contribution in [3.63, 3.8) is 0 Å². The number of nitrogens with one attached hydrogen (secondary N) is 2. The molecule has 0 atom stereocenters. The Morgan fingerprint density at radius 2 is 1.74 bits per heavy atom. The van der Waals surface area contributed by atoms with E-state index in [4.69, 9.17) is 9.47 Å². The topological polar surface area (TPSA) is 64.1 Å². The Labute approximate surface area is 174 Å². The molecule has 1 aromatic carbocycles. The van der Waals surface area contributed by atoms with Gasteiger partial charge in [-0.25, -0.2) is 0 Å². The molecule has 1 aromatic rings. The molecule has 0 saturated heterocycles. The van der Waals surface area contributed by atoms with Crippen LogP contribution in [0.3, 0.4) is 0 Å². The summed E-state index contributed by atoms with van der Waals surface area (Å²) in [6.07, 6.45) is -3.88. The Morgan fingerprint density at radius 1 is 1.07 bits per heavy atom. The smallest absolute Gasteiger partial charge is 0.411 e. The van der Waals surface area contributed by atoms with Gasteiger partial charge in [0.1, 0.15) is 24.7 Å². The predicted octanol–water partition coefficient (Wildman–Crippen LogP) is 3.22. The lowest BCUT2D eigenvalue weighted by molar-refractivity contribution is -0.173. The van der Waals surface area contributed by atoms with Crippen LogP contribution < -0.4 is 20.1 Å². The van der Waals surface area contributed by atoms with Crippen molar-refractivity contribution in [2.75, 3.05) is 46.6 Å². The van der Waals surface area contributed by atoms with Crippen LogP contribution in [0.15, 0.2) is 29.3 Å². The van der Waals surface area contributed by atoms with E-state index in [0.29, 0.717) is 38.6 Å². The number of hydrogen-bond acceptors (Lipinski definition) is 4. The van der Waals surface area contributed by atoms with Crippen molar-refractivity contribution in [3.8, 4) is 11.5 Å². The summed E-state index contributed by atoms with van der Waals surface area (Å²) in [7, 11) is 1.60. The molecule has 6 nitrogen and oxygen atoms in total. The maximum Gasteiger partial charge on any atom is 0.411 e. The number of benzene rings is 1. The Morgan fingerprint density at radius 3 is 2.33 bits per heavy atom. The third kappa shape index (κ3) is 13.4. The minimum atomic E-state index is -4.29. The lowest BCUT2D eigenvalue weighted by atomic mass is 10.3. The van der Waals surface area contributed by atoms with Gasteiger partial charge in [-0.15, -0.1) is 24.0 Å². The second-order valence-corrected chi connectivity index (χ2v) is 5.23. The second-order valence-electron chi connectivity index (χ2n) is 5.23. The summed E-state index contributed by atoms with van der Waals surface area (Å²) in [6, 6.07) is 7.27. The van der Waals surface area contributed by atoms with Crippen molar-refractivity contribution in [2.24, 2.45) is 4.99 Å². The van der Waals surface area contributed by atoms with E-state index in [1.165, 1.54) is 0 Å². The van der Waals surface area contributed by atoms with Crippen LogP contribution in [0, 0.1) is 0 Å². The molecule has 156 valence electrons. The zero-order valence-electron chi connectivity index (χ0n) is 15.5. The summed E-state index contributed by atoms with van der Waals surface area (Å²) in [5.74, 6) is 2.08. The number of nitrogens with zero attached hydrogens (tertiary/aromatic N) is 1. The fourth-order valence-electron chi connectivity index (χ4n) is 1.90. The third-order valence-corrected chi connectivity index (χ3v) is 3.05. The highest BCUT2D eigenvalue weighted by Gasteiger charge is 2.27. The molecule has 0 aliphatic carbocycles. The molecular weight excluding hydrogens is 478 g/mol. The summed E-state index contributed by atoms with van der Waals surface area (Å²) in [6.45, 7) is 2.73. The van der Waals surface area contributed by atoms with Crippen LogP contribution in [-0.4, -0.2) is 58.7 Å². The number of hydrogen-bond donors (Lipinski definition) is 2. The highest BCUT2D eigenvalue weighted by molar-refractivity contribution is 14.0. The van der Waals surface area contributed by atoms with Gasteiger partial charge in [-0.1, -0.05) is 0 Å². The lowest BCUT2D eigenvalue weighted by Crippen LogP contribution is -2.39. The molecule has 0 saturated carbocycles. The van der Waals surface area contributed by atoms with Crippen LogP contribution in [0.5, 0.6) is 11.5 Å². The maximum atomic E-state index is 11.9. The number of rotatable bonds is 11. The van der Waals surface area contributed by atoms with Crippen LogP contribution >= 0.6 is 24.0 Å². The van der Waals surface area contributed by atoms with Crippen LogP contribution in [0.25, 0.3) is 0 Å². The Hall–Kier alpha value is -1.43. The second kappa shape index (κ2) is 14.6. The lowest BCUT2D eigenvalue weighted by Gasteiger charge is -2.12. The number of alkyl halides is 3. The minimum Gasteiger partial charge on any atom is -0.497 e. The first-order chi connectivity index (χ1) is 12.4. The number of methoxy groups -OCH3 is 1. The molecule has 10 heteroatoms. The monoisotopic (exact) mass is 505 g/mol. The first-order valence-corrected chi connectivity index (χ1v) is 8.38. The van der Waals surface area contributed by atoms with Gasteiger partial charge in [-0.2, -0.15) is 13.2 Å². The molecule has 0 unspecified atom stereocenters. The Balaban J connectivity index is 0.00000676. The van der Waals surface area contributed by atoms with Crippen molar-refractivity contribution in [2.45, 2.75) is 19.5 Å². The molecule has 0 aliphatic heterocycles. The molecule has 0 spiro atoms. The molecule has 2 N–H and O–H groups in total. The summed E-state index contributed by atoms with van der Waals surface area (Å²) >= 11 is 0. The molecule has 0 heterocycles. The Kier molecular flexibility index (Phi) is 13.8. The molecule has 0 aromatic heterocycles. The van der Waals surface area contributed by atoms with Crippen molar-refractivity contribution in [1.82, 2.24) is 10.6 Å². The van der Waals surface area contributed by atoms with Crippen LogP contribution in [0.2, 0.25) is 0 Å². The van der Waals surface area contributed by atoms with Gasteiger partial charge in [0.05, 0.1) is 13.7 Å². The standard InChI is InChI=1S/C17H26F3N3O3.HI/c1-3-21-16(22-9-4-11-25-13-17(18,19)20)23-10-12-26-15-7-5-14(24-2)6-8-15;/h5-8H,3-4,9-13H2,1-2H3,(H2,21,22,23);1H. The molecule has 0 aliphatic rings. The predicted molar refractivity (Wildman–Crippen MR) is 109 cm³/mol. The van der Waals surface area contributed by atoms with Gasteiger partial charge in [0.15, 0.2) is 5.96 Å². The van der Waals surface area contributed by atoms with Crippen molar-refractivity contribution in [3.05, 3.63) is 24.3 Å². The van der Waals surface area contributed by atoms with E-state index < -0.39 is 12.8 Å². The quantitative estimate of drug-likeness (QED) is 0.209. The fourth-order valence-corrected chi connectivity index (χ4v) is 1.90. The van der Waals surface area contributed by atoms with Crippen molar-refractivity contribution < 1.29 is 27.4 Å². The number of ether oxygens (including phenoxy) is 3. The van der Waals surface area contributed by atoms with Gasteiger partial charge in [0.25, 0.3) is 0 Å². The van der Waals surface area contributed by atoms with Crippen molar-refractivity contribution in [1.29, 1.82) is 0 Å². The van der Waals surface area contributed by atoms with Crippen LogP contribution in [0.4, 0.5) is 13.2 Å². The molecule has 1 rings (SSSR count). The van der Waals surface area contributed by atoms with E-state index in [1.54, 1.807) is 7.11 Å². The van der Waals surface area contributed by atoms with E-state index in [1.807, 2.05) is 31.2 Å². The normalized spacial score (nSPS) is 11.5. The summed E-state index contributed by atoms with van der Waals surface area (Å²) in [5.41, 5.74) is 0. The van der Waals surface area contributed by atoms with E-state index in [2.05, 4.69) is 20.4 Å². The zero-order chi connectivity index (χ0) is 19.3. The summed E-state index contributed by atoms with van der Waals surface area (Å²) in [4.78, 5) is 4.28. The SMILES string of the molecule is CCNC(=NCCCOCC(F)(F)F)NCCOc1ccc(OC)cc1.I. The fraction of sp³-hybridized carbons (Fsp3) is 0.588. The number of aliphatic imine (C=N–C) groups is 1. The van der Waals surface area contributed by atoms with Gasteiger partial charge < -0.3 is 24.8 Å². The number of guanidine groups is 1. The number of halogens is 4. The van der Waals surface area contributed by atoms with Gasteiger partial charge in [0.2, 0.25) is 0 Å². The average Bonchev–Trinajstić information content (AvgIpc) is 2.61. The highest BCUT2D eigenvalue weighted by Crippen LogP contribution is 2.16. The largest absolute Gasteiger partial charge is 0.497 e. The van der Waals surface area contributed by atoms with Gasteiger partial charge in [-0.05, 0) is 37.6 Å². The Bertz CT molecular complexity index is 528. The minimum absolute atomic E-state index is 0. The van der Waals surface area contributed by atoms with Gasteiger partial charge >= 0.3 is 6.18 Å². The summed E-state index contributed by atoms with van der Waals surface area (Å²) in [5, 5.41) is 6.15. The average molecular weight is 505 g/mol. The molecule has 0 bridgehead atoms. The molecule has 0 radical (unpaired) electrons. The van der Waals surface area contributed by atoms with Gasteiger partial charge in [-0.3, -0.25) is 4.99 Å². The van der Waals surface area contributed by atoms with E-state index >= 15 is 0 Å². The van der Waals surface area contributed by atoms with Crippen molar-refractivity contribution >= 4 is 29.9 Å². The van der Waals surface area contributed by atoms with Gasteiger partial charge in [0, 0.05) is 19.7 Å². The first kappa shape index (κ1) is 25.6. The molecular formula is C17H27F3IN3O3. The van der Waals surface area contributed by atoms with E-state index in [-0.39, 0.29) is 30.6 Å². The summed E-state index contributed by atoms with van der Waals surface area (Å²) < 4.78 is 51.0. The third-order valence-electron chi connectivity index (χ3n) is 3.05. The van der Waals surface area contributed by atoms with Crippen LogP contribution in [0.1, 0.15) is 13.3 Å². The first-order valence-electron chi connectivity index (χ1n) is 8.38.